The molecule has 5 rings (SSSR count). The highest BCUT2D eigenvalue weighted by atomic mass is 16.8. The van der Waals surface area contributed by atoms with E-state index in [-0.39, 0.29) is 25.0 Å². The number of ether oxygens (including phenoxy) is 6. The third kappa shape index (κ3) is 4.02. The van der Waals surface area contributed by atoms with Gasteiger partial charge in [0.2, 0.25) is 11.6 Å². The summed E-state index contributed by atoms with van der Waals surface area (Å²) < 4.78 is 35.1. The maximum Gasteiger partial charge on any atom is 0.310 e. The lowest BCUT2D eigenvalue weighted by Crippen LogP contribution is -2.67. The molecule has 2 heterocycles. The van der Waals surface area contributed by atoms with E-state index in [2.05, 4.69) is 0 Å². The zero-order chi connectivity index (χ0) is 25.5. The second-order valence-electron chi connectivity index (χ2n) is 9.80. The van der Waals surface area contributed by atoms with Crippen LogP contribution in [-0.2, 0) is 38.0 Å². The number of hydrogen-bond acceptors (Lipinski definition) is 8. The standard InChI is InChI=1S/C28H32O8/c1-27(31-3)28(2,32-4)36-20-16-34-26(30)24-22(18-13-9-6-10-14-18)21(17-11-7-5-8-12-17)23(24)25(29)33-15-19(20)35-27/h5-14,19-24H,15-16H2,1-4H3/t19-,20-,21+,22+,23-,24-,27-,28-/m0/s1. The average Bonchev–Trinajstić information content (AvgIpc) is 2.88. The van der Waals surface area contributed by atoms with Gasteiger partial charge in [0.1, 0.15) is 25.4 Å². The smallest absolute Gasteiger partial charge is 0.310 e. The predicted octanol–water partition coefficient (Wildman–Crippen LogP) is 3.41. The maximum atomic E-state index is 13.5. The van der Waals surface area contributed by atoms with Gasteiger partial charge in [-0.2, -0.15) is 0 Å². The van der Waals surface area contributed by atoms with Crippen LogP contribution in [0.3, 0.4) is 0 Å². The Hall–Kier alpha value is -2.78. The molecule has 3 aliphatic rings. The molecule has 0 amide bonds. The Balaban J connectivity index is 1.48. The van der Waals surface area contributed by atoms with Crippen molar-refractivity contribution in [1.29, 1.82) is 0 Å². The second kappa shape index (κ2) is 9.59. The van der Waals surface area contributed by atoms with Crippen molar-refractivity contribution in [3.05, 3.63) is 71.8 Å². The zero-order valence-electron chi connectivity index (χ0n) is 20.9. The number of fused-ring (bicyclic) bond motifs is 2. The van der Waals surface area contributed by atoms with E-state index in [1.54, 1.807) is 13.8 Å². The minimum Gasteiger partial charge on any atom is -0.463 e. The Morgan fingerprint density at radius 1 is 0.639 bits per heavy atom. The number of hydrogen-bond donors (Lipinski definition) is 0. The van der Waals surface area contributed by atoms with E-state index in [0.29, 0.717) is 0 Å². The van der Waals surface area contributed by atoms with Gasteiger partial charge in [-0.05, 0) is 25.0 Å². The van der Waals surface area contributed by atoms with Crippen molar-refractivity contribution in [2.75, 3.05) is 27.4 Å². The largest absolute Gasteiger partial charge is 0.463 e. The fourth-order valence-electron chi connectivity index (χ4n) is 5.73. The molecule has 8 heteroatoms. The summed E-state index contributed by atoms with van der Waals surface area (Å²) in [6.07, 6.45) is -1.43. The van der Waals surface area contributed by atoms with E-state index in [1.165, 1.54) is 14.2 Å². The van der Waals surface area contributed by atoms with Crippen LogP contribution < -0.4 is 0 Å². The average molecular weight is 497 g/mol. The molecule has 3 fully saturated rings. The number of carbonyl (C=O) groups is 2. The van der Waals surface area contributed by atoms with Crippen LogP contribution in [0, 0.1) is 11.8 Å². The Morgan fingerprint density at radius 3 is 1.33 bits per heavy atom. The minimum atomic E-state index is -1.27. The van der Waals surface area contributed by atoms with Crippen LogP contribution in [0.1, 0.15) is 36.8 Å². The summed E-state index contributed by atoms with van der Waals surface area (Å²) in [5.41, 5.74) is 1.96. The van der Waals surface area contributed by atoms with Crippen molar-refractivity contribution in [3.63, 3.8) is 0 Å². The minimum absolute atomic E-state index is 0.0689. The summed E-state index contributed by atoms with van der Waals surface area (Å²) in [5.74, 6) is -5.26. The fraction of sp³-hybridized carbons (Fsp3) is 0.500. The lowest BCUT2D eigenvalue weighted by Gasteiger charge is -2.53. The zero-order valence-corrected chi connectivity index (χ0v) is 20.9. The van der Waals surface area contributed by atoms with Gasteiger partial charge in [-0.1, -0.05) is 60.7 Å². The van der Waals surface area contributed by atoms with E-state index in [9.17, 15) is 9.59 Å². The molecule has 2 saturated heterocycles. The molecule has 36 heavy (non-hydrogen) atoms. The van der Waals surface area contributed by atoms with E-state index < -0.39 is 47.6 Å². The normalized spacial score (nSPS) is 38.6. The highest BCUT2D eigenvalue weighted by molar-refractivity contribution is 5.87. The third-order valence-electron chi connectivity index (χ3n) is 8.01. The molecule has 0 bridgehead atoms. The van der Waals surface area contributed by atoms with Crippen molar-refractivity contribution in [2.45, 2.75) is 49.5 Å². The molecule has 0 N–H and O–H groups in total. The van der Waals surface area contributed by atoms with Crippen LogP contribution in [-0.4, -0.2) is 63.2 Å². The Bertz CT molecular complexity index is 1000. The molecule has 0 unspecified atom stereocenters. The van der Waals surface area contributed by atoms with Gasteiger partial charge in [0.15, 0.2) is 0 Å². The molecule has 1 aliphatic carbocycles. The number of benzene rings is 2. The molecule has 2 aliphatic heterocycles. The van der Waals surface area contributed by atoms with Gasteiger partial charge in [0.05, 0.1) is 11.8 Å². The number of methoxy groups -OCH3 is 2. The van der Waals surface area contributed by atoms with E-state index in [0.717, 1.165) is 11.1 Å². The van der Waals surface area contributed by atoms with Crippen LogP contribution in [0.25, 0.3) is 0 Å². The van der Waals surface area contributed by atoms with Crippen LogP contribution in [0.5, 0.6) is 0 Å². The van der Waals surface area contributed by atoms with Gasteiger partial charge in [-0.3, -0.25) is 9.59 Å². The summed E-state index contributed by atoms with van der Waals surface area (Å²) in [6.45, 7) is 3.25. The van der Waals surface area contributed by atoms with Crippen LogP contribution >= 0.6 is 0 Å². The predicted molar refractivity (Wildman–Crippen MR) is 128 cm³/mol. The molecule has 8 nitrogen and oxygen atoms in total. The van der Waals surface area contributed by atoms with Crippen molar-refractivity contribution >= 4 is 11.9 Å². The van der Waals surface area contributed by atoms with E-state index >= 15 is 0 Å². The molecule has 0 aromatic heterocycles. The number of esters is 2. The number of cyclic esters (lactones) is 2. The first-order chi connectivity index (χ1) is 17.3. The SMILES string of the molecule is CO[C@@]1(C)O[C@H]2COC(=O)[C@@H]3[C@@H](C(=O)OC[C@@H]2O[C@]1(C)OC)[C@H](c1ccccc1)[C@H]3c1ccccc1. The van der Waals surface area contributed by atoms with Gasteiger partial charge in [0.25, 0.3) is 0 Å². The molecular weight excluding hydrogens is 464 g/mol. The van der Waals surface area contributed by atoms with Gasteiger partial charge >= 0.3 is 11.9 Å². The Morgan fingerprint density at radius 2 is 1.00 bits per heavy atom. The van der Waals surface area contributed by atoms with Crippen molar-refractivity contribution in [2.24, 2.45) is 11.8 Å². The van der Waals surface area contributed by atoms with Gasteiger partial charge in [-0.25, -0.2) is 0 Å². The Kier molecular flexibility index (Phi) is 6.63. The van der Waals surface area contributed by atoms with Gasteiger partial charge < -0.3 is 28.4 Å². The van der Waals surface area contributed by atoms with Crippen molar-refractivity contribution < 1.29 is 38.0 Å². The van der Waals surface area contributed by atoms with Gasteiger partial charge in [0, 0.05) is 26.1 Å². The molecule has 0 spiro atoms. The molecule has 8 atom stereocenters. The summed E-state index contributed by atoms with van der Waals surface area (Å²) in [4.78, 5) is 27.0. The first kappa shape index (κ1) is 24.9. The fourth-order valence-corrected chi connectivity index (χ4v) is 5.73. The van der Waals surface area contributed by atoms with E-state index in [4.69, 9.17) is 28.4 Å². The summed E-state index contributed by atoms with van der Waals surface area (Å²) in [5, 5.41) is 0. The molecule has 2 aromatic rings. The summed E-state index contributed by atoms with van der Waals surface area (Å²) >= 11 is 0. The van der Waals surface area contributed by atoms with Gasteiger partial charge in [-0.15, -0.1) is 0 Å². The van der Waals surface area contributed by atoms with Crippen LogP contribution in [0.15, 0.2) is 60.7 Å². The van der Waals surface area contributed by atoms with Crippen molar-refractivity contribution in [1.82, 2.24) is 0 Å². The second-order valence-corrected chi connectivity index (χ2v) is 9.80. The molecule has 1 saturated carbocycles. The molecule has 0 radical (unpaired) electrons. The molecule has 192 valence electrons. The first-order valence-electron chi connectivity index (χ1n) is 12.2. The topological polar surface area (TPSA) is 89.5 Å². The lowest BCUT2D eigenvalue weighted by molar-refractivity contribution is -0.451. The number of carbonyl (C=O) groups excluding carboxylic acids is 2. The van der Waals surface area contributed by atoms with Crippen LogP contribution in [0.4, 0.5) is 0 Å². The number of rotatable bonds is 4. The summed E-state index contributed by atoms with van der Waals surface area (Å²) in [7, 11) is 2.97. The molecule has 2 aromatic carbocycles. The Labute approximate surface area is 210 Å². The highest BCUT2D eigenvalue weighted by Crippen LogP contribution is 2.58. The summed E-state index contributed by atoms with van der Waals surface area (Å²) in [6, 6.07) is 19.5. The highest BCUT2D eigenvalue weighted by Gasteiger charge is 2.61. The monoisotopic (exact) mass is 496 g/mol. The maximum absolute atomic E-state index is 13.5. The quantitative estimate of drug-likeness (QED) is 0.595. The van der Waals surface area contributed by atoms with Crippen LogP contribution in [0.2, 0.25) is 0 Å². The third-order valence-corrected chi connectivity index (χ3v) is 8.01. The lowest BCUT2D eigenvalue weighted by atomic mass is 9.52. The van der Waals surface area contributed by atoms with Crippen molar-refractivity contribution in [3.8, 4) is 0 Å². The van der Waals surface area contributed by atoms with E-state index in [1.807, 2.05) is 60.7 Å². The first-order valence-corrected chi connectivity index (χ1v) is 12.2. The molecular formula is C28H32O8.